The summed E-state index contributed by atoms with van der Waals surface area (Å²) in [5.41, 5.74) is 4.78. The number of fused-ring (bicyclic) bond motifs is 3. The number of aryl methyl sites for hydroxylation is 2. The molecule has 24 heavy (non-hydrogen) atoms. The summed E-state index contributed by atoms with van der Waals surface area (Å²) < 4.78 is 7.22. The van der Waals surface area contributed by atoms with E-state index < -0.39 is 0 Å². The summed E-state index contributed by atoms with van der Waals surface area (Å²) in [6, 6.07) is 0. The van der Waals surface area contributed by atoms with E-state index in [1.165, 1.54) is 5.56 Å². The smallest absolute Gasteiger partial charge is 0.340 e. The minimum absolute atomic E-state index is 0.275. The molecule has 3 rings (SSSR count). The molecule has 2 aromatic heterocycles. The lowest BCUT2D eigenvalue weighted by atomic mass is 10.1. The van der Waals surface area contributed by atoms with Crippen LogP contribution in [0.1, 0.15) is 41.9 Å². The Balaban J connectivity index is 1.94. The second-order valence-corrected chi connectivity index (χ2v) is 6.29. The van der Waals surface area contributed by atoms with Crippen LogP contribution < -0.4 is 0 Å². The van der Waals surface area contributed by atoms with Crippen molar-refractivity contribution in [1.82, 2.24) is 19.7 Å². The van der Waals surface area contributed by atoms with Crippen molar-refractivity contribution in [2.75, 3.05) is 26.7 Å². The van der Waals surface area contributed by atoms with Gasteiger partial charge in [-0.05, 0) is 45.3 Å². The third kappa shape index (κ3) is 3.24. The Labute approximate surface area is 142 Å². The second kappa shape index (κ2) is 7.21. The number of likely N-dealkylation sites (N-methyl/N-ethyl adjacent to an activating group) is 1. The molecule has 0 spiro atoms. The average molecular weight is 330 g/mol. The summed E-state index contributed by atoms with van der Waals surface area (Å²) in [6.45, 7) is 7.19. The number of ether oxygens (including phenoxy) is 1. The summed E-state index contributed by atoms with van der Waals surface area (Å²) in [5.74, 6) is -0.275. The van der Waals surface area contributed by atoms with Crippen molar-refractivity contribution < 1.29 is 9.53 Å². The summed E-state index contributed by atoms with van der Waals surface area (Å²) in [4.78, 5) is 17.8. The highest BCUT2D eigenvalue weighted by molar-refractivity contribution is 5.98. The fourth-order valence-corrected chi connectivity index (χ4v) is 3.16. The van der Waals surface area contributed by atoms with E-state index in [-0.39, 0.29) is 5.97 Å². The van der Waals surface area contributed by atoms with Gasteiger partial charge in [0.05, 0.1) is 24.4 Å². The molecule has 1 N–H and O–H groups in total. The van der Waals surface area contributed by atoms with E-state index in [0.717, 1.165) is 55.8 Å². The number of carbonyl (C=O) groups excluding carboxylic acids is 1. The number of nitrogens with zero attached hydrogens (tertiary/aromatic N) is 3. The van der Waals surface area contributed by atoms with Crippen LogP contribution in [0.4, 0.5) is 0 Å². The van der Waals surface area contributed by atoms with E-state index in [1.807, 2.05) is 11.6 Å². The maximum atomic E-state index is 12.3. The standard InChI is InChI=1S/C18H26N4O2/c1-4-21(3)9-10-22-12-13-7-6-8-15-16(17(13)20-22)14(11-19-15)18(23)24-5-2/h11-12,19H,4-10H2,1-3H3. The number of aromatic nitrogens is 3. The van der Waals surface area contributed by atoms with Crippen LogP contribution in [-0.4, -0.2) is 52.4 Å². The third-order valence-electron chi connectivity index (χ3n) is 4.66. The number of hydrogen-bond acceptors (Lipinski definition) is 4. The second-order valence-electron chi connectivity index (χ2n) is 6.29. The van der Waals surface area contributed by atoms with Crippen LogP contribution >= 0.6 is 0 Å². The van der Waals surface area contributed by atoms with Crippen molar-refractivity contribution in [2.45, 2.75) is 39.7 Å². The van der Waals surface area contributed by atoms with E-state index >= 15 is 0 Å². The first-order valence-electron chi connectivity index (χ1n) is 8.76. The van der Waals surface area contributed by atoms with Crippen molar-refractivity contribution >= 4 is 5.97 Å². The Bertz CT molecular complexity index is 717. The minimum atomic E-state index is -0.275. The predicted octanol–water partition coefficient (Wildman–Crippen LogP) is 2.50. The number of aromatic amines is 1. The van der Waals surface area contributed by atoms with E-state index in [2.05, 4.69) is 30.1 Å². The van der Waals surface area contributed by atoms with Crippen molar-refractivity contribution in [3.8, 4) is 11.3 Å². The van der Waals surface area contributed by atoms with Crippen LogP contribution in [0.5, 0.6) is 0 Å². The molecule has 0 radical (unpaired) electrons. The molecule has 2 aromatic rings. The van der Waals surface area contributed by atoms with Gasteiger partial charge in [0.15, 0.2) is 0 Å². The number of nitrogens with one attached hydrogen (secondary N) is 1. The van der Waals surface area contributed by atoms with Crippen LogP contribution in [0.25, 0.3) is 11.3 Å². The lowest BCUT2D eigenvalue weighted by Gasteiger charge is -2.13. The first-order chi connectivity index (χ1) is 11.6. The Morgan fingerprint density at radius 1 is 1.42 bits per heavy atom. The van der Waals surface area contributed by atoms with Gasteiger partial charge >= 0.3 is 5.97 Å². The highest BCUT2D eigenvalue weighted by atomic mass is 16.5. The van der Waals surface area contributed by atoms with Crippen LogP contribution in [0.3, 0.4) is 0 Å². The van der Waals surface area contributed by atoms with Gasteiger partial charge in [0.2, 0.25) is 0 Å². The summed E-state index contributed by atoms with van der Waals surface area (Å²) >= 11 is 0. The topological polar surface area (TPSA) is 63.2 Å². The maximum absolute atomic E-state index is 12.3. The normalized spacial score (nSPS) is 13.5. The number of esters is 1. The Hall–Kier alpha value is -2.08. The van der Waals surface area contributed by atoms with E-state index in [0.29, 0.717) is 12.2 Å². The first kappa shape index (κ1) is 16.8. The van der Waals surface area contributed by atoms with Crippen LogP contribution in [0.15, 0.2) is 12.4 Å². The average Bonchev–Trinajstić information content (AvgIpc) is 3.13. The Kier molecular flexibility index (Phi) is 5.04. The number of carbonyl (C=O) groups is 1. The van der Waals surface area contributed by atoms with Gasteiger partial charge in [-0.15, -0.1) is 0 Å². The molecule has 0 aromatic carbocycles. The molecule has 130 valence electrons. The molecule has 0 bridgehead atoms. The van der Waals surface area contributed by atoms with Gasteiger partial charge in [0.25, 0.3) is 0 Å². The van der Waals surface area contributed by atoms with Gasteiger partial charge in [-0.3, -0.25) is 4.68 Å². The fraction of sp³-hybridized carbons (Fsp3) is 0.556. The molecular weight excluding hydrogens is 304 g/mol. The van der Waals surface area contributed by atoms with Gasteiger partial charge in [-0.1, -0.05) is 6.92 Å². The first-order valence-corrected chi connectivity index (χ1v) is 8.76. The number of rotatable bonds is 6. The molecule has 6 nitrogen and oxygen atoms in total. The molecule has 0 amide bonds. The van der Waals surface area contributed by atoms with Crippen molar-refractivity contribution in [1.29, 1.82) is 0 Å². The summed E-state index contributed by atoms with van der Waals surface area (Å²) in [6.07, 6.45) is 6.88. The van der Waals surface area contributed by atoms with Gasteiger partial charge in [0.1, 0.15) is 0 Å². The SMILES string of the molecule is CCOC(=O)c1c[nH]c2c1-c1nn(CCN(C)CC)cc1CCC2. The number of hydrogen-bond donors (Lipinski definition) is 1. The minimum Gasteiger partial charge on any atom is -0.462 e. The molecule has 0 fully saturated rings. The quantitative estimate of drug-likeness (QED) is 0.827. The number of H-pyrrole nitrogens is 1. The summed E-state index contributed by atoms with van der Waals surface area (Å²) in [7, 11) is 2.11. The zero-order valence-corrected chi connectivity index (χ0v) is 14.8. The van der Waals surface area contributed by atoms with Crippen molar-refractivity contribution in [3.05, 3.63) is 29.2 Å². The van der Waals surface area contributed by atoms with E-state index in [9.17, 15) is 4.79 Å². The van der Waals surface area contributed by atoms with Gasteiger partial charge in [-0.2, -0.15) is 5.10 Å². The van der Waals surface area contributed by atoms with Crippen LogP contribution in [0, 0.1) is 0 Å². The zero-order chi connectivity index (χ0) is 17.1. The molecule has 0 aliphatic heterocycles. The maximum Gasteiger partial charge on any atom is 0.340 e. The largest absolute Gasteiger partial charge is 0.462 e. The van der Waals surface area contributed by atoms with Crippen LogP contribution in [0.2, 0.25) is 0 Å². The highest BCUT2D eigenvalue weighted by Gasteiger charge is 2.26. The molecule has 0 unspecified atom stereocenters. The third-order valence-corrected chi connectivity index (χ3v) is 4.66. The molecular formula is C18H26N4O2. The molecule has 0 saturated carbocycles. The molecule has 1 aliphatic carbocycles. The molecule has 2 heterocycles. The van der Waals surface area contributed by atoms with E-state index in [4.69, 9.17) is 9.84 Å². The zero-order valence-electron chi connectivity index (χ0n) is 14.8. The van der Waals surface area contributed by atoms with Crippen molar-refractivity contribution in [3.63, 3.8) is 0 Å². The monoisotopic (exact) mass is 330 g/mol. The van der Waals surface area contributed by atoms with Crippen molar-refractivity contribution in [2.24, 2.45) is 0 Å². The fourth-order valence-electron chi connectivity index (χ4n) is 3.16. The van der Waals surface area contributed by atoms with Gasteiger partial charge in [0, 0.05) is 30.2 Å². The van der Waals surface area contributed by atoms with Crippen LogP contribution in [-0.2, 0) is 24.1 Å². The molecule has 6 heteroatoms. The van der Waals surface area contributed by atoms with E-state index in [1.54, 1.807) is 6.20 Å². The molecule has 0 atom stereocenters. The summed E-state index contributed by atoms with van der Waals surface area (Å²) in [5, 5.41) is 4.80. The van der Waals surface area contributed by atoms with Gasteiger partial charge in [-0.25, -0.2) is 4.79 Å². The lowest BCUT2D eigenvalue weighted by molar-refractivity contribution is 0.0527. The van der Waals surface area contributed by atoms with Gasteiger partial charge < -0.3 is 14.6 Å². The Morgan fingerprint density at radius 3 is 3.00 bits per heavy atom. The Morgan fingerprint density at radius 2 is 2.25 bits per heavy atom. The molecule has 0 saturated heterocycles. The molecule has 1 aliphatic rings. The predicted molar refractivity (Wildman–Crippen MR) is 93.2 cm³/mol. The lowest BCUT2D eigenvalue weighted by Crippen LogP contribution is -2.22. The highest BCUT2D eigenvalue weighted by Crippen LogP contribution is 2.34.